The van der Waals surface area contributed by atoms with Gasteiger partial charge in [0, 0.05) is 12.7 Å². The Morgan fingerprint density at radius 2 is 1.29 bits per heavy atom. The molecule has 0 saturated heterocycles. The predicted octanol–water partition coefficient (Wildman–Crippen LogP) is 8.36. The maximum atomic E-state index is 5.44. The standard InChI is InChI=1S/C24H41N3S/c1-2-3-4-5-6-7-8-9-10-11-12-13-14-15-16-17-20-27-23-18-19-25-21-22(23)26-24(27)28/h18-19,21H,2-17,20H2,1H3,(H,26,28). The van der Waals surface area contributed by atoms with Crippen molar-refractivity contribution in [2.75, 3.05) is 0 Å². The van der Waals surface area contributed by atoms with Gasteiger partial charge in [-0.3, -0.25) is 4.98 Å². The highest BCUT2D eigenvalue weighted by Gasteiger charge is 2.03. The lowest BCUT2D eigenvalue weighted by molar-refractivity contribution is 0.522. The molecule has 28 heavy (non-hydrogen) atoms. The number of hydrogen-bond donors (Lipinski definition) is 1. The summed E-state index contributed by atoms with van der Waals surface area (Å²) in [6.07, 6.45) is 26.2. The van der Waals surface area contributed by atoms with Crippen LogP contribution in [0.1, 0.15) is 110 Å². The second kappa shape index (κ2) is 14.8. The molecule has 2 aromatic rings. The van der Waals surface area contributed by atoms with E-state index < -0.39 is 0 Å². The van der Waals surface area contributed by atoms with Crippen molar-refractivity contribution in [1.82, 2.24) is 14.5 Å². The summed E-state index contributed by atoms with van der Waals surface area (Å²) in [5, 5.41) is 0. The number of hydrogen-bond acceptors (Lipinski definition) is 2. The van der Waals surface area contributed by atoms with Crippen molar-refractivity contribution >= 4 is 23.3 Å². The average Bonchev–Trinajstić information content (AvgIpc) is 3.03. The lowest BCUT2D eigenvalue weighted by atomic mass is 10.0. The van der Waals surface area contributed by atoms with Gasteiger partial charge in [0.15, 0.2) is 4.77 Å². The first kappa shape index (κ1) is 23.1. The summed E-state index contributed by atoms with van der Waals surface area (Å²) in [5.74, 6) is 0. The van der Waals surface area contributed by atoms with Crippen molar-refractivity contribution < 1.29 is 0 Å². The highest BCUT2D eigenvalue weighted by molar-refractivity contribution is 7.71. The lowest BCUT2D eigenvalue weighted by Gasteiger charge is -2.05. The Kier molecular flexibility index (Phi) is 12.2. The van der Waals surface area contributed by atoms with Crippen LogP contribution < -0.4 is 0 Å². The topological polar surface area (TPSA) is 33.6 Å². The molecular formula is C24H41N3S. The smallest absolute Gasteiger partial charge is 0.178 e. The fourth-order valence-electron chi connectivity index (χ4n) is 4.05. The normalized spacial score (nSPS) is 11.5. The van der Waals surface area contributed by atoms with Crippen LogP contribution in [0.3, 0.4) is 0 Å². The van der Waals surface area contributed by atoms with Crippen molar-refractivity contribution in [3.8, 4) is 0 Å². The number of aryl methyl sites for hydroxylation is 1. The fraction of sp³-hybridized carbons (Fsp3) is 0.750. The molecule has 0 saturated carbocycles. The maximum absolute atomic E-state index is 5.44. The minimum atomic E-state index is 0.823. The third-order valence-corrected chi connectivity index (χ3v) is 6.13. The molecule has 0 aliphatic carbocycles. The van der Waals surface area contributed by atoms with Gasteiger partial charge in [-0.1, -0.05) is 103 Å². The molecule has 0 unspecified atom stereocenters. The van der Waals surface area contributed by atoms with Crippen molar-refractivity contribution in [3.63, 3.8) is 0 Å². The largest absolute Gasteiger partial charge is 0.329 e. The number of nitrogens with zero attached hydrogens (tertiary/aromatic N) is 2. The molecule has 2 rings (SSSR count). The van der Waals surface area contributed by atoms with Crippen LogP contribution in [0.4, 0.5) is 0 Å². The van der Waals surface area contributed by atoms with Gasteiger partial charge in [0.25, 0.3) is 0 Å². The van der Waals surface area contributed by atoms with Gasteiger partial charge in [-0.15, -0.1) is 0 Å². The Hall–Kier alpha value is -1.16. The van der Waals surface area contributed by atoms with Gasteiger partial charge in [-0.2, -0.15) is 0 Å². The molecule has 1 N–H and O–H groups in total. The lowest BCUT2D eigenvalue weighted by Crippen LogP contribution is -1.98. The number of H-pyrrole nitrogens is 1. The van der Waals surface area contributed by atoms with E-state index in [0.29, 0.717) is 0 Å². The SMILES string of the molecule is CCCCCCCCCCCCCCCCCCn1c(=S)[nH]c2cnccc21. The Morgan fingerprint density at radius 1 is 0.786 bits per heavy atom. The highest BCUT2D eigenvalue weighted by atomic mass is 32.1. The molecule has 0 radical (unpaired) electrons. The Bertz CT molecular complexity index is 688. The van der Waals surface area contributed by atoms with Crippen molar-refractivity contribution in [2.24, 2.45) is 0 Å². The Morgan fingerprint density at radius 3 is 1.82 bits per heavy atom. The first-order valence-electron chi connectivity index (χ1n) is 11.9. The van der Waals surface area contributed by atoms with Gasteiger partial charge in [0.1, 0.15) is 0 Å². The van der Waals surface area contributed by atoms with Gasteiger partial charge in [-0.05, 0) is 24.7 Å². The summed E-state index contributed by atoms with van der Waals surface area (Å²) < 4.78 is 3.04. The summed E-state index contributed by atoms with van der Waals surface area (Å²) in [7, 11) is 0. The molecular weight excluding hydrogens is 362 g/mol. The van der Waals surface area contributed by atoms with Gasteiger partial charge in [-0.25, -0.2) is 0 Å². The molecule has 0 bridgehead atoms. The van der Waals surface area contributed by atoms with Gasteiger partial charge in [0.2, 0.25) is 0 Å². The molecule has 0 amide bonds. The van der Waals surface area contributed by atoms with Crippen LogP contribution in [0, 0.1) is 4.77 Å². The number of fused-ring (bicyclic) bond motifs is 1. The van der Waals surface area contributed by atoms with Crippen LogP contribution in [0.15, 0.2) is 18.5 Å². The summed E-state index contributed by atoms with van der Waals surface area (Å²) in [5.41, 5.74) is 2.23. The van der Waals surface area contributed by atoms with Gasteiger partial charge < -0.3 is 9.55 Å². The van der Waals surface area contributed by atoms with E-state index in [-0.39, 0.29) is 0 Å². The summed E-state index contributed by atoms with van der Waals surface area (Å²) in [6, 6.07) is 2.05. The van der Waals surface area contributed by atoms with Crippen molar-refractivity contribution in [2.45, 2.75) is 116 Å². The van der Waals surface area contributed by atoms with E-state index in [4.69, 9.17) is 12.2 Å². The Balaban J connectivity index is 1.38. The van der Waals surface area contributed by atoms with Crippen molar-refractivity contribution in [1.29, 1.82) is 0 Å². The zero-order valence-corrected chi connectivity index (χ0v) is 18.9. The van der Waals surface area contributed by atoms with Gasteiger partial charge in [0.05, 0.1) is 17.2 Å². The van der Waals surface area contributed by atoms with Crippen LogP contribution in [0.5, 0.6) is 0 Å². The van der Waals surface area contributed by atoms with E-state index in [1.807, 2.05) is 18.5 Å². The van der Waals surface area contributed by atoms with Crippen molar-refractivity contribution in [3.05, 3.63) is 23.2 Å². The molecule has 158 valence electrons. The summed E-state index contributed by atoms with van der Waals surface area (Å²) >= 11 is 5.44. The quantitative estimate of drug-likeness (QED) is 0.213. The molecule has 0 atom stereocenters. The highest BCUT2D eigenvalue weighted by Crippen LogP contribution is 2.16. The first-order chi connectivity index (χ1) is 13.8. The number of nitrogens with one attached hydrogen (secondary N) is 1. The second-order valence-electron chi connectivity index (χ2n) is 8.28. The molecule has 0 aromatic carbocycles. The average molecular weight is 404 g/mol. The third kappa shape index (κ3) is 8.89. The van der Waals surface area contributed by atoms with Crippen LogP contribution in [-0.2, 0) is 6.54 Å². The molecule has 0 fully saturated rings. The number of unbranched alkanes of at least 4 members (excludes halogenated alkanes) is 15. The first-order valence-corrected chi connectivity index (χ1v) is 12.3. The van der Waals surface area contributed by atoms with Crippen LogP contribution in [0.2, 0.25) is 0 Å². The van der Waals surface area contributed by atoms with E-state index >= 15 is 0 Å². The Labute approximate surface area is 177 Å². The van der Waals surface area contributed by atoms with Gasteiger partial charge >= 0.3 is 0 Å². The molecule has 2 aromatic heterocycles. The van der Waals surface area contributed by atoms with E-state index in [1.54, 1.807) is 0 Å². The van der Waals surface area contributed by atoms with E-state index in [0.717, 1.165) is 16.8 Å². The number of aromatic nitrogens is 3. The van der Waals surface area contributed by atoms with Crippen LogP contribution in [0.25, 0.3) is 11.0 Å². The zero-order valence-electron chi connectivity index (χ0n) is 18.1. The summed E-state index contributed by atoms with van der Waals surface area (Å²) in [4.78, 5) is 7.40. The molecule has 0 spiro atoms. The molecule has 0 aliphatic rings. The molecule has 0 aliphatic heterocycles. The molecule has 4 heteroatoms. The molecule has 2 heterocycles. The van der Waals surface area contributed by atoms with Crippen LogP contribution in [-0.4, -0.2) is 14.5 Å². The van der Waals surface area contributed by atoms with E-state index in [2.05, 4.69) is 21.5 Å². The van der Waals surface area contributed by atoms with E-state index in [1.165, 1.54) is 108 Å². The van der Waals surface area contributed by atoms with Crippen LogP contribution >= 0.6 is 12.2 Å². The third-order valence-electron chi connectivity index (χ3n) is 5.81. The number of rotatable bonds is 17. The fourth-order valence-corrected chi connectivity index (χ4v) is 4.35. The predicted molar refractivity (Wildman–Crippen MR) is 124 cm³/mol. The minimum absolute atomic E-state index is 0.823. The number of imidazole rings is 1. The van der Waals surface area contributed by atoms with E-state index in [9.17, 15) is 0 Å². The zero-order chi connectivity index (χ0) is 19.9. The maximum Gasteiger partial charge on any atom is 0.178 e. The molecule has 3 nitrogen and oxygen atoms in total. The minimum Gasteiger partial charge on any atom is -0.329 e. The summed E-state index contributed by atoms with van der Waals surface area (Å²) in [6.45, 7) is 3.31. The second-order valence-corrected chi connectivity index (χ2v) is 8.66. The monoisotopic (exact) mass is 403 g/mol. The number of aromatic amines is 1. The number of pyridine rings is 1.